The van der Waals surface area contributed by atoms with Crippen molar-refractivity contribution in [1.29, 1.82) is 0 Å². The molecule has 0 saturated carbocycles. The van der Waals surface area contributed by atoms with Crippen LogP contribution in [-0.4, -0.2) is 28.2 Å². The van der Waals surface area contributed by atoms with Gasteiger partial charge in [0.25, 0.3) is 5.09 Å². The predicted molar refractivity (Wildman–Crippen MR) is 69.1 cm³/mol. The second-order valence-corrected chi connectivity index (χ2v) is 3.70. The number of aliphatic hydroxyl groups excluding tert-OH is 1. The van der Waals surface area contributed by atoms with Gasteiger partial charge in [0, 0.05) is 17.9 Å². The first-order valence-corrected chi connectivity index (χ1v) is 5.43. The summed E-state index contributed by atoms with van der Waals surface area (Å²) in [5, 5.41) is 23.2. The number of nitrogens with two attached hydrogens (primary N) is 1. The summed E-state index contributed by atoms with van der Waals surface area (Å²) in [6.45, 7) is 6.52. The number of nitrogens with zero attached hydrogens (tertiary/aromatic N) is 2. The molecule has 0 aromatic heterocycles. The first kappa shape index (κ1) is 16.0. The standard InChI is InChI=1S/C11H18N2O.HNO3/c1-4-13(9(3)14)10-5-6-11(12)8(2)7-10;2-1(3)4/h5-7,9,14H,4,12H2,1-3H3;(H,2,3,4). The van der Waals surface area contributed by atoms with Crippen molar-refractivity contribution >= 4 is 11.4 Å². The van der Waals surface area contributed by atoms with Gasteiger partial charge in [-0.25, -0.2) is 0 Å². The van der Waals surface area contributed by atoms with Crippen molar-refractivity contribution in [3.8, 4) is 0 Å². The van der Waals surface area contributed by atoms with Crippen LogP contribution in [0.25, 0.3) is 0 Å². The van der Waals surface area contributed by atoms with Gasteiger partial charge in [-0.05, 0) is 44.5 Å². The Morgan fingerprint density at radius 2 is 2.06 bits per heavy atom. The van der Waals surface area contributed by atoms with Crippen LogP contribution in [0, 0.1) is 17.0 Å². The summed E-state index contributed by atoms with van der Waals surface area (Å²) < 4.78 is 0. The second kappa shape index (κ2) is 7.33. The quantitative estimate of drug-likeness (QED) is 0.326. The van der Waals surface area contributed by atoms with Crippen molar-refractivity contribution in [1.82, 2.24) is 0 Å². The second-order valence-electron chi connectivity index (χ2n) is 3.70. The average molecular weight is 257 g/mol. The van der Waals surface area contributed by atoms with Gasteiger partial charge < -0.3 is 20.9 Å². The molecule has 0 aliphatic heterocycles. The minimum atomic E-state index is -1.50. The van der Waals surface area contributed by atoms with Crippen LogP contribution in [0.4, 0.5) is 11.4 Å². The van der Waals surface area contributed by atoms with Gasteiger partial charge in [0.1, 0.15) is 6.23 Å². The summed E-state index contributed by atoms with van der Waals surface area (Å²) in [5.74, 6) is 0. The van der Waals surface area contributed by atoms with E-state index >= 15 is 0 Å². The van der Waals surface area contributed by atoms with E-state index in [0.717, 1.165) is 23.5 Å². The molecule has 1 atom stereocenters. The summed E-state index contributed by atoms with van der Waals surface area (Å²) >= 11 is 0. The maximum Gasteiger partial charge on any atom is 0.291 e. The highest BCUT2D eigenvalue weighted by Gasteiger charge is 2.09. The Hall–Kier alpha value is -2.02. The molecular formula is C11H19N3O4. The highest BCUT2D eigenvalue weighted by atomic mass is 16.9. The van der Waals surface area contributed by atoms with Gasteiger partial charge in [-0.2, -0.15) is 0 Å². The number of aliphatic hydroxyl groups is 1. The molecule has 0 aliphatic carbocycles. The Balaban J connectivity index is 0.000000631. The van der Waals surface area contributed by atoms with Crippen LogP contribution >= 0.6 is 0 Å². The normalized spacial score (nSPS) is 11.1. The lowest BCUT2D eigenvalue weighted by atomic mass is 10.1. The van der Waals surface area contributed by atoms with Crippen molar-refractivity contribution in [2.75, 3.05) is 17.2 Å². The fraction of sp³-hybridized carbons (Fsp3) is 0.455. The molecule has 0 saturated heterocycles. The summed E-state index contributed by atoms with van der Waals surface area (Å²) in [4.78, 5) is 10.3. The van der Waals surface area contributed by atoms with Crippen molar-refractivity contribution in [3.05, 3.63) is 33.9 Å². The number of rotatable bonds is 3. The highest BCUT2D eigenvalue weighted by Crippen LogP contribution is 2.21. The zero-order chi connectivity index (χ0) is 14.3. The van der Waals surface area contributed by atoms with Gasteiger partial charge in [-0.3, -0.25) is 0 Å². The van der Waals surface area contributed by atoms with E-state index in [1.807, 2.05) is 36.9 Å². The maximum absolute atomic E-state index is 9.52. The Morgan fingerprint density at radius 3 is 2.39 bits per heavy atom. The van der Waals surface area contributed by atoms with Crippen molar-refractivity contribution in [2.24, 2.45) is 0 Å². The summed E-state index contributed by atoms with van der Waals surface area (Å²) in [7, 11) is 0. The third-order valence-electron chi connectivity index (χ3n) is 2.38. The lowest BCUT2D eigenvalue weighted by Gasteiger charge is -2.26. The van der Waals surface area contributed by atoms with Crippen LogP contribution in [0.3, 0.4) is 0 Å². The smallest absolute Gasteiger partial charge is 0.291 e. The minimum Gasteiger partial charge on any atom is -0.399 e. The molecule has 102 valence electrons. The molecule has 0 heterocycles. The highest BCUT2D eigenvalue weighted by molar-refractivity contribution is 5.58. The molecule has 0 aliphatic rings. The molecule has 0 amide bonds. The maximum atomic E-state index is 9.52. The van der Waals surface area contributed by atoms with Crippen molar-refractivity contribution in [3.63, 3.8) is 0 Å². The molecule has 0 radical (unpaired) electrons. The first-order valence-electron chi connectivity index (χ1n) is 5.43. The van der Waals surface area contributed by atoms with Crippen LogP contribution < -0.4 is 10.6 Å². The first-order chi connectivity index (χ1) is 8.29. The number of aryl methyl sites for hydroxylation is 1. The van der Waals surface area contributed by atoms with E-state index in [4.69, 9.17) is 21.1 Å². The molecule has 1 unspecified atom stereocenters. The summed E-state index contributed by atoms with van der Waals surface area (Å²) in [5.41, 5.74) is 8.56. The number of anilines is 2. The Kier molecular flexibility index (Phi) is 6.51. The lowest BCUT2D eigenvalue weighted by molar-refractivity contribution is -0.742. The van der Waals surface area contributed by atoms with Crippen LogP contribution in [-0.2, 0) is 0 Å². The topological polar surface area (TPSA) is 113 Å². The van der Waals surface area contributed by atoms with Gasteiger partial charge in [-0.15, -0.1) is 10.1 Å². The molecule has 7 nitrogen and oxygen atoms in total. The number of nitrogen functional groups attached to an aromatic ring is 1. The fourth-order valence-corrected chi connectivity index (χ4v) is 1.50. The Bertz CT molecular complexity index is 392. The van der Waals surface area contributed by atoms with Gasteiger partial charge in [0.05, 0.1) is 0 Å². The summed E-state index contributed by atoms with van der Waals surface area (Å²) in [6.07, 6.45) is -0.469. The zero-order valence-electron chi connectivity index (χ0n) is 10.7. The van der Waals surface area contributed by atoms with Gasteiger partial charge in [-0.1, -0.05) is 0 Å². The fourth-order valence-electron chi connectivity index (χ4n) is 1.50. The Morgan fingerprint density at radius 1 is 1.56 bits per heavy atom. The van der Waals surface area contributed by atoms with E-state index in [9.17, 15) is 5.11 Å². The SMILES string of the molecule is CCN(c1ccc(N)c(C)c1)C(C)O.O=[N+]([O-])O. The summed E-state index contributed by atoms with van der Waals surface area (Å²) in [6, 6.07) is 5.79. The van der Waals surface area contributed by atoms with Gasteiger partial charge in [0.15, 0.2) is 0 Å². The molecule has 1 aromatic rings. The van der Waals surface area contributed by atoms with E-state index in [0.29, 0.717) is 0 Å². The molecule has 1 aromatic carbocycles. The van der Waals surface area contributed by atoms with Crippen LogP contribution in [0.2, 0.25) is 0 Å². The number of hydrogen-bond acceptors (Lipinski definition) is 5. The molecule has 4 N–H and O–H groups in total. The average Bonchev–Trinajstić information content (AvgIpc) is 2.23. The molecule has 1 rings (SSSR count). The van der Waals surface area contributed by atoms with Crippen molar-refractivity contribution in [2.45, 2.75) is 27.0 Å². The number of hydrogen-bond donors (Lipinski definition) is 3. The lowest BCUT2D eigenvalue weighted by Crippen LogP contribution is -2.32. The molecular weight excluding hydrogens is 238 g/mol. The third kappa shape index (κ3) is 5.35. The largest absolute Gasteiger partial charge is 0.399 e. The van der Waals surface area contributed by atoms with Crippen LogP contribution in [0.15, 0.2) is 18.2 Å². The van der Waals surface area contributed by atoms with Crippen LogP contribution in [0.5, 0.6) is 0 Å². The zero-order valence-corrected chi connectivity index (χ0v) is 10.7. The van der Waals surface area contributed by atoms with Gasteiger partial charge in [0.2, 0.25) is 0 Å². The number of benzene rings is 1. The monoisotopic (exact) mass is 257 g/mol. The molecule has 7 heteroatoms. The van der Waals surface area contributed by atoms with E-state index < -0.39 is 11.3 Å². The minimum absolute atomic E-state index is 0.469. The molecule has 0 fully saturated rings. The third-order valence-corrected chi connectivity index (χ3v) is 2.38. The van der Waals surface area contributed by atoms with Crippen LogP contribution in [0.1, 0.15) is 19.4 Å². The molecule has 0 spiro atoms. The molecule has 0 bridgehead atoms. The Labute approximate surface area is 106 Å². The van der Waals surface area contributed by atoms with E-state index in [2.05, 4.69) is 0 Å². The predicted octanol–water partition coefficient (Wildman–Crippen LogP) is 1.39. The van der Waals surface area contributed by atoms with Gasteiger partial charge >= 0.3 is 0 Å². The van der Waals surface area contributed by atoms with E-state index in [1.165, 1.54) is 0 Å². The van der Waals surface area contributed by atoms with E-state index in [1.54, 1.807) is 6.92 Å². The molecule has 18 heavy (non-hydrogen) atoms. The van der Waals surface area contributed by atoms with E-state index in [-0.39, 0.29) is 0 Å². The van der Waals surface area contributed by atoms with Crippen molar-refractivity contribution < 1.29 is 15.4 Å².